The number of thiocarbonyl (C=S) groups is 1. The number of hydrogen-bond acceptors (Lipinski definition) is 5. The lowest BCUT2D eigenvalue weighted by Crippen LogP contribution is -2.36. The molecule has 8 heteroatoms. The Morgan fingerprint density at radius 2 is 1.93 bits per heavy atom. The lowest BCUT2D eigenvalue weighted by molar-refractivity contribution is -0.143. The Bertz CT molecular complexity index is 975. The summed E-state index contributed by atoms with van der Waals surface area (Å²) in [5.74, 6) is -0.604. The van der Waals surface area contributed by atoms with E-state index < -0.39 is 5.97 Å². The van der Waals surface area contributed by atoms with Crippen LogP contribution in [0.15, 0.2) is 54.2 Å². The Morgan fingerprint density at radius 1 is 1.21 bits per heavy atom. The summed E-state index contributed by atoms with van der Waals surface area (Å²) in [7, 11) is 2.92. The molecule has 1 heterocycles. The van der Waals surface area contributed by atoms with Gasteiger partial charge in [-0.05, 0) is 53.7 Å². The second kappa shape index (κ2) is 8.83. The summed E-state index contributed by atoms with van der Waals surface area (Å²) < 4.78 is 23.5. The molecule has 0 aromatic heterocycles. The smallest absolute Gasteiger partial charge is 0.325 e. The van der Waals surface area contributed by atoms with Crippen molar-refractivity contribution >= 4 is 35.3 Å². The zero-order valence-electron chi connectivity index (χ0n) is 15.9. The van der Waals surface area contributed by atoms with E-state index in [9.17, 15) is 14.0 Å². The van der Waals surface area contributed by atoms with Gasteiger partial charge in [-0.1, -0.05) is 24.3 Å². The van der Waals surface area contributed by atoms with Gasteiger partial charge in [0.2, 0.25) is 0 Å². The SMILES string of the molecule is COC(=O)CN1C(=O)/C(=C/c2ccc(OCc3cccc(F)c3)cc2)N(C)C1=S. The van der Waals surface area contributed by atoms with Gasteiger partial charge < -0.3 is 14.4 Å². The fourth-order valence-electron chi connectivity index (χ4n) is 2.76. The van der Waals surface area contributed by atoms with Crippen LogP contribution < -0.4 is 4.74 Å². The second-order valence-electron chi connectivity index (χ2n) is 6.33. The lowest BCUT2D eigenvalue weighted by atomic mass is 10.1. The molecule has 0 aliphatic carbocycles. The maximum absolute atomic E-state index is 13.2. The zero-order chi connectivity index (χ0) is 21.0. The monoisotopic (exact) mass is 414 g/mol. The number of amides is 1. The zero-order valence-corrected chi connectivity index (χ0v) is 16.7. The molecule has 1 aliphatic heterocycles. The largest absolute Gasteiger partial charge is 0.489 e. The molecule has 0 N–H and O–H groups in total. The molecule has 0 radical (unpaired) electrons. The van der Waals surface area contributed by atoms with Crippen LogP contribution in [0, 0.1) is 5.82 Å². The molecule has 1 fully saturated rings. The van der Waals surface area contributed by atoms with E-state index in [1.54, 1.807) is 54.4 Å². The molecule has 0 bridgehead atoms. The van der Waals surface area contributed by atoms with E-state index in [0.29, 0.717) is 11.4 Å². The van der Waals surface area contributed by atoms with Crippen LogP contribution in [-0.4, -0.2) is 47.5 Å². The number of hydrogen-bond donors (Lipinski definition) is 0. The molecule has 2 aromatic carbocycles. The van der Waals surface area contributed by atoms with Crippen LogP contribution >= 0.6 is 12.2 Å². The van der Waals surface area contributed by atoms with Gasteiger partial charge in [-0.2, -0.15) is 0 Å². The van der Waals surface area contributed by atoms with Crippen molar-refractivity contribution in [2.24, 2.45) is 0 Å². The number of benzene rings is 2. The Hall–Kier alpha value is -3.26. The summed E-state index contributed by atoms with van der Waals surface area (Å²) in [5.41, 5.74) is 1.85. The number of rotatable bonds is 6. The van der Waals surface area contributed by atoms with Gasteiger partial charge in [0.1, 0.15) is 30.4 Å². The van der Waals surface area contributed by atoms with Crippen LogP contribution in [0.3, 0.4) is 0 Å². The van der Waals surface area contributed by atoms with Crippen molar-refractivity contribution < 1.29 is 23.5 Å². The van der Waals surface area contributed by atoms with Crippen LogP contribution in [0.1, 0.15) is 11.1 Å². The average Bonchev–Trinajstić information content (AvgIpc) is 2.91. The Morgan fingerprint density at radius 3 is 2.59 bits per heavy atom. The highest BCUT2D eigenvalue weighted by molar-refractivity contribution is 7.80. The van der Waals surface area contributed by atoms with Crippen molar-refractivity contribution in [2.75, 3.05) is 20.7 Å². The van der Waals surface area contributed by atoms with Crippen molar-refractivity contribution in [3.63, 3.8) is 0 Å². The minimum absolute atomic E-state index is 0.233. The number of methoxy groups -OCH3 is 1. The average molecular weight is 414 g/mol. The van der Waals surface area contributed by atoms with E-state index >= 15 is 0 Å². The van der Waals surface area contributed by atoms with Crippen LogP contribution in [-0.2, 0) is 20.9 Å². The summed E-state index contributed by atoms with van der Waals surface area (Å²) in [5, 5.41) is 0.238. The van der Waals surface area contributed by atoms with Gasteiger partial charge in [0.05, 0.1) is 7.11 Å². The minimum Gasteiger partial charge on any atom is -0.489 e. The van der Waals surface area contributed by atoms with Gasteiger partial charge in [-0.15, -0.1) is 0 Å². The third-order valence-corrected chi connectivity index (χ3v) is 4.83. The van der Waals surface area contributed by atoms with Crippen LogP contribution in [0.4, 0.5) is 4.39 Å². The number of ether oxygens (including phenoxy) is 2. The molecule has 1 aliphatic rings. The molecule has 2 aromatic rings. The molecular formula is C21H19FN2O4S. The molecule has 1 amide bonds. The van der Waals surface area contributed by atoms with Crippen molar-refractivity contribution in [1.29, 1.82) is 0 Å². The fraction of sp³-hybridized carbons (Fsp3) is 0.190. The van der Waals surface area contributed by atoms with E-state index in [1.807, 2.05) is 0 Å². The highest BCUT2D eigenvalue weighted by Gasteiger charge is 2.36. The van der Waals surface area contributed by atoms with Crippen molar-refractivity contribution in [2.45, 2.75) is 6.61 Å². The molecule has 0 atom stereocenters. The maximum Gasteiger partial charge on any atom is 0.325 e. The number of carbonyl (C=O) groups excluding carboxylic acids is 2. The first-order chi connectivity index (χ1) is 13.9. The highest BCUT2D eigenvalue weighted by atomic mass is 32.1. The first-order valence-corrected chi connectivity index (χ1v) is 9.15. The van der Waals surface area contributed by atoms with Gasteiger partial charge in [-0.25, -0.2) is 4.39 Å². The molecule has 0 unspecified atom stereocenters. The molecule has 6 nitrogen and oxygen atoms in total. The first-order valence-electron chi connectivity index (χ1n) is 8.74. The quantitative estimate of drug-likeness (QED) is 0.412. The number of likely N-dealkylation sites (N-methyl/N-ethyl adjacent to an activating group) is 1. The van der Waals surface area contributed by atoms with Gasteiger partial charge >= 0.3 is 5.97 Å². The molecule has 0 spiro atoms. The Balaban J connectivity index is 1.69. The summed E-state index contributed by atoms with van der Waals surface area (Å²) >= 11 is 5.25. The second-order valence-corrected chi connectivity index (χ2v) is 6.69. The molecular weight excluding hydrogens is 395 g/mol. The predicted octanol–water partition coefficient (Wildman–Crippen LogP) is 2.98. The summed E-state index contributed by atoms with van der Waals surface area (Å²) in [4.78, 5) is 26.9. The molecule has 1 saturated heterocycles. The number of carbonyl (C=O) groups is 2. The van der Waals surface area contributed by atoms with E-state index in [0.717, 1.165) is 11.1 Å². The summed E-state index contributed by atoms with van der Waals surface area (Å²) in [6, 6.07) is 13.3. The van der Waals surface area contributed by atoms with Crippen molar-refractivity contribution in [3.8, 4) is 5.75 Å². The van der Waals surface area contributed by atoms with Gasteiger partial charge in [-0.3, -0.25) is 14.5 Å². The number of nitrogens with zero attached hydrogens (tertiary/aromatic N) is 2. The molecule has 150 valence electrons. The summed E-state index contributed by atoms with van der Waals surface area (Å²) in [6.45, 7) is 0.0128. The third-order valence-electron chi connectivity index (χ3n) is 4.34. The van der Waals surface area contributed by atoms with Crippen LogP contribution in [0.2, 0.25) is 0 Å². The van der Waals surface area contributed by atoms with Crippen LogP contribution in [0.25, 0.3) is 6.08 Å². The molecule has 0 saturated carbocycles. The lowest BCUT2D eigenvalue weighted by Gasteiger charge is -2.14. The highest BCUT2D eigenvalue weighted by Crippen LogP contribution is 2.23. The summed E-state index contributed by atoms with van der Waals surface area (Å²) in [6.07, 6.45) is 1.68. The first kappa shape index (κ1) is 20.5. The Kier molecular flexibility index (Phi) is 6.23. The standard InChI is InChI=1S/C21H19FN2O4S/c1-23-18(20(26)24(21(23)29)12-19(25)27-2)11-14-6-8-17(9-7-14)28-13-15-4-3-5-16(22)10-15/h3-11H,12-13H2,1-2H3/b18-11-. The third kappa shape index (κ3) is 4.78. The fourth-order valence-corrected chi connectivity index (χ4v) is 3.00. The van der Waals surface area contributed by atoms with E-state index in [4.69, 9.17) is 17.0 Å². The normalized spacial score (nSPS) is 15.2. The van der Waals surface area contributed by atoms with E-state index in [1.165, 1.54) is 24.1 Å². The maximum atomic E-state index is 13.2. The van der Waals surface area contributed by atoms with Crippen molar-refractivity contribution in [1.82, 2.24) is 9.80 Å². The minimum atomic E-state index is -0.546. The number of esters is 1. The van der Waals surface area contributed by atoms with E-state index in [2.05, 4.69) is 4.74 Å². The van der Waals surface area contributed by atoms with Crippen LogP contribution in [0.5, 0.6) is 5.75 Å². The topological polar surface area (TPSA) is 59.1 Å². The van der Waals surface area contributed by atoms with E-state index in [-0.39, 0.29) is 30.0 Å². The van der Waals surface area contributed by atoms with Crippen molar-refractivity contribution in [3.05, 3.63) is 71.2 Å². The predicted molar refractivity (Wildman–Crippen MR) is 109 cm³/mol. The Labute approximate surface area is 173 Å². The number of halogens is 1. The van der Waals surface area contributed by atoms with Gasteiger partial charge in [0.25, 0.3) is 5.91 Å². The van der Waals surface area contributed by atoms with Gasteiger partial charge in [0, 0.05) is 7.05 Å². The molecule has 29 heavy (non-hydrogen) atoms. The molecule has 3 rings (SSSR count). The van der Waals surface area contributed by atoms with Gasteiger partial charge in [0.15, 0.2) is 5.11 Å².